The second-order valence-electron chi connectivity index (χ2n) is 9.16. The lowest BCUT2D eigenvalue weighted by Gasteiger charge is -2.28. The Morgan fingerprint density at radius 3 is 2.66 bits per heavy atom. The smallest absolute Gasteiger partial charge is 0.226 e. The molecule has 7 nitrogen and oxygen atoms in total. The van der Waals surface area contributed by atoms with E-state index in [4.69, 9.17) is 12.2 Å². The largest absolute Gasteiger partial charge is 0.352 e. The van der Waals surface area contributed by atoms with E-state index >= 15 is 0 Å². The molecule has 0 unspecified atom stereocenters. The highest BCUT2D eigenvalue weighted by molar-refractivity contribution is 7.80. The number of benzene rings is 2. The predicted molar refractivity (Wildman–Crippen MR) is 153 cm³/mol. The van der Waals surface area contributed by atoms with E-state index in [2.05, 4.69) is 36.1 Å². The third-order valence-electron chi connectivity index (χ3n) is 6.85. The fourth-order valence-corrected chi connectivity index (χ4v) is 5.44. The van der Waals surface area contributed by atoms with Gasteiger partial charge in [-0.25, -0.2) is 0 Å². The molecule has 2 atom stereocenters. The molecule has 0 radical (unpaired) electrons. The van der Waals surface area contributed by atoms with Gasteiger partial charge in [-0.2, -0.15) is 0 Å². The summed E-state index contributed by atoms with van der Waals surface area (Å²) in [5.74, 6) is -0.0631. The monoisotopic (exact) mass is 518 g/mol. The third-order valence-corrected chi connectivity index (χ3v) is 7.20. The normalized spacial score (nSPS) is 16.9. The van der Waals surface area contributed by atoms with E-state index in [1.54, 1.807) is 12.4 Å². The molecule has 2 aromatic carbocycles. The molecule has 0 aliphatic carbocycles. The molecule has 4 heterocycles. The summed E-state index contributed by atoms with van der Waals surface area (Å²) in [7, 11) is 0. The molecule has 1 aliphatic rings. The Kier molecular flexibility index (Phi) is 6.54. The number of fused-ring (bicyclic) bond motifs is 1. The van der Waals surface area contributed by atoms with Crippen molar-refractivity contribution in [3.8, 4) is 5.69 Å². The van der Waals surface area contributed by atoms with Gasteiger partial charge in [-0.1, -0.05) is 42.5 Å². The van der Waals surface area contributed by atoms with Crippen LogP contribution in [0, 0.1) is 0 Å². The number of rotatable bonds is 7. The topological polar surface area (TPSA) is 75.1 Å². The number of hydrogen-bond donors (Lipinski definition) is 2. The molecule has 1 fully saturated rings. The van der Waals surface area contributed by atoms with Gasteiger partial charge >= 0.3 is 0 Å². The Balaban J connectivity index is 1.28. The Morgan fingerprint density at radius 1 is 0.947 bits per heavy atom. The fourth-order valence-electron chi connectivity index (χ4n) is 5.10. The van der Waals surface area contributed by atoms with Crippen molar-refractivity contribution in [2.75, 3.05) is 11.9 Å². The summed E-state index contributed by atoms with van der Waals surface area (Å²) in [5.41, 5.74) is 3.69. The summed E-state index contributed by atoms with van der Waals surface area (Å²) in [6.07, 6.45) is 7.69. The maximum absolute atomic E-state index is 13.1. The molecule has 3 aromatic heterocycles. The maximum Gasteiger partial charge on any atom is 0.226 e. The average Bonchev–Trinajstić information content (AvgIpc) is 3.57. The van der Waals surface area contributed by atoms with Gasteiger partial charge in [0.15, 0.2) is 5.11 Å². The van der Waals surface area contributed by atoms with Crippen LogP contribution in [0.5, 0.6) is 0 Å². The number of hydrogen-bond acceptors (Lipinski definition) is 4. The van der Waals surface area contributed by atoms with Gasteiger partial charge in [0.2, 0.25) is 5.91 Å². The van der Waals surface area contributed by atoms with E-state index in [0.717, 1.165) is 33.5 Å². The van der Waals surface area contributed by atoms with E-state index < -0.39 is 0 Å². The Labute approximate surface area is 226 Å². The van der Waals surface area contributed by atoms with Crippen LogP contribution in [0.15, 0.2) is 110 Å². The molecule has 5 aromatic rings. The minimum absolute atomic E-state index is 0.0631. The van der Waals surface area contributed by atoms with Gasteiger partial charge in [-0.3, -0.25) is 14.8 Å². The highest BCUT2D eigenvalue weighted by Crippen LogP contribution is 2.39. The first-order valence-corrected chi connectivity index (χ1v) is 12.9. The summed E-state index contributed by atoms with van der Waals surface area (Å²) in [4.78, 5) is 24.1. The van der Waals surface area contributed by atoms with Crippen molar-refractivity contribution in [3.05, 3.63) is 121 Å². The lowest BCUT2D eigenvalue weighted by Crippen LogP contribution is -2.33. The molecular formula is C30H26N6OS. The van der Waals surface area contributed by atoms with Gasteiger partial charge in [0.25, 0.3) is 0 Å². The first-order valence-electron chi connectivity index (χ1n) is 12.5. The first-order chi connectivity index (χ1) is 18.7. The summed E-state index contributed by atoms with van der Waals surface area (Å²) < 4.78 is 2.12. The zero-order valence-electron chi connectivity index (χ0n) is 20.6. The van der Waals surface area contributed by atoms with Crippen LogP contribution in [-0.4, -0.2) is 37.0 Å². The van der Waals surface area contributed by atoms with Gasteiger partial charge in [0.1, 0.15) is 0 Å². The minimum Gasteiger partial charge on any atom is -0.352 e. The van der Waals surface area contributed by atoms with Crippen molar-refractivity contribution >= 4 is 39.7 Å². The first kappa shape index (κ1) is 23.8. The van der Waals surface area contributed by atoms with Crippen LogP contribution in [0.1, 0.15) is 29.9 Å². The van der Waals surface area contributed by atoms with Gasteiger partial charge in [-0.05, 0) is 60.1 Å². The summed E-state index contributed by atoms with van der Waals surface area (Å²) in [5, 5.41) is 9.27. The molecule has 1 amide bonds. The van der Waals surface area contributed by atoms with Crippen LogP contribution in [0.4, 0.5) is 5.69 Å². The van der Waals surface area contributed by atoms with Crippen LogP contribution in [0.25, 0.3) is 16.5 Å². The van der Waals surface area contributed by atoms with Crippen LogP contribution < -0.4 is 10.6 Å². The van der Waals surface area contributed by atoms with E-state index in [0.29, 0.717) is 11.7 Å². The predicted octanol–water partition coefficient (Wildman–Crippen LogP) is 5.42. The Bertz CT molecular complexity index is 1580. The Morgan fingerprint density at radius 2 is 1.82 bits per heavy atom. The molecule has 0 saturated carbocycles. The lowest BCUT2D eigenvalue weighted by molar-refractivity contribution is -0.116. The maximum atomic E-state index is 13.1. The standard InChI is InChI=1S/C30H26N6OS/c37-27(33-24-13-5-9-21-8-1-2-11-23(21)24)15-19-36-29(28(34-30(36)38)25-12-3-4-17-32-25)26-14-7-18-35(26)22-10-6-16-31-20-22/h1-14,16-18,20,28-29H,15,19H2,(H,33,37)(H,34,38)/t28-,29-/m0/s1. The minimum atomic E-state index is -0.171. The van der Waals surface area contributed by atoms with Crippen molar-refractivity contribution in [2.24, 2.45) is 0 Å². The number of aromatic nitrogens is 3. The van der Waals surface area contributed by atoms with Crippen molar-refractivity contribution in [1.29, 1.82) is 0 Å². The van der Waals surface area contributed by atoms with Crippen molar-refractivity contribution in [2.45, 2.75) is 18.5 Å². The van der Waals surface area contributed by atoms with Crippen molar-refractivity contribution in [3.63, 3.8) is 0 Å². The van der Waals surface area contributed by atoms with Gasteiger partial charge < -0.3 is 20.1 Å². The molecule has 1 saturated heterocycles. The molecule has 2 N–H and O–H groups in total. The highest BCUT2D eigenvalue weighted by atomic mass is 32.1. The number of amides is 1. The number of anilines is 1. The van der Waals surface area contributed by atoms with Crippen molar-refractivity contribution in [1.82, 2.24) is 24.8 Å². The fraction of sp³-hybridized carbons (Fsp3) is 0.133. The number of nitrogens with zero attached hydrogens (tertiary/aromatic N) is 4. The molecule has 188 valence electrons. The molecule has 1 aliphatic heterocycles. The summed E-state index contributed by atoms with van der Waals surface area (Å²) in [6.45, 7) is 0.453. The highest BCUT2D eigenvalue weighted by Gasteiger charge is 2.41. The second kappa shape index (κ2) is 10.4. The summed E-state index contributed by atoms with van der Waals surface area (Å²) >= 11 is 5.81. The zero-order valence-corrected chi connectivity index (χ0v) is 21.4. The third kappa shape index (κ3) is 4.62. The number of carbonyl (C=O) groups excluding carboxylic acids is 1. The van der Waals surface area contributed by atoms with Crippen molar-refractivity contribution < 1.29 is 4.79 Å². The van der Waals surface area contributed by atoms with Gasteiger partial charge in [0.05, 0.1) is 29.7 Å². The number of nitrogens with one attached hydrogen (secondary N) is 2. The number of carbonyl (C=O) groups is 1. The quantitative estimate of drug-likeness (QED) is 0.280. The average molecular weight is 519 g/mol. The number of thiocarbonyl (C=S) groups is 1. The van der Waals surface area contributed by atoms with E-state index in [9.17, 15) is 4.79 Å². The SMILES string of the molecule is O=C(CCN1C(=S)N[C@@H](c2ccccn2)[C@@H]1c1cccn1-c1cccnc1)Nc1cccc2ccccc12. The molecular weight excluding hydrogens is 492 g/mol. The number of pyridine rings is 2. The lowest BCUT2D eigenvalue weighted by atomic mass is 10.0. The van der Waals surface area contributed by atoms with E-state index in [-0.39, 0.29) is 24.4 Å². The van der Waals surface area contributed by atoms with Crippen LogP contribution >= 0.6 is 12.2 Å². The van der Waals surface area contributed by atoms with Crippen LogP contribution in [-0.2, 0) is 4.79 Å². The van der Waals surface area contributed by atoms with Crippen LogP contribution in [0.2, 0.25) is 0 Å². The molecule has 38 heavy (non-hydrogen) atoms. The van der Waals surface area contributed by atoms with E-state index in [1.807, 2.05) is 91.3 Å². The van der Waals surface area contributed by atoms with E-state index in [1.165, 1.54) is 0 Å². The van der Waals surface area contributed by atoms with Crippen LogP contribution in [0.3, 0.4) is 0 Å². The Hall–Kier alpha value is -4.56. The zero-order chi connectivity index (χ0) is 25.9. The molecule has 6 rings (SSSR count). The molecule has 8 heteroatoms. The molecule has 0 bridgehead atoms. The second-order valence-corrected chi connectivity index (χ2v) is 9.55. The molecule has 0 spiro atoms. The summed E-state index contributed by atoms with van der Waals surface area (Å²) in [6, 6.07) is 27.6. The van der Waals surface area contributed by atoms with Gasteiger partial charge in [0, 0.05) is 48.3 Å². The van der Waals surface area contributed by atoms with Gasteiger partial charge in [-0.15, -0.1) is 0 Å².